The molecule has 0 atom stereocenters. The molecule has 21 heavy (non-hydrogen) atoms. The van der Waals surface area contributed by atoms with E-state index in [1.54, 1.807) is 14.2 Å². The molecule has 0 unspecified atom stereocenters. The van der Waals surface area contributed by atoms with Crippen molar-refractivity contribution in [1.82, 2.24) is 15.3 Å². The van der Waals surface area contributed by atoms with Crippen LogP contribution in [0.3, 0.4) is 0 Å². The van der Waals surface area contributed by atoms with Crippen LogP contribution in [-0.2, 0) is 11.3 Å². The molecule has 0 aliphatic rings. The molecule has 0 spiro atoms. The van der Waals surface area contributed by atoms with Crippen LogP contribution in [0.1, 0.15) is 5.56 Å². The van der Waals surface area contributed by atoms with Crippen molar-refractivity contribution in [2.75, 3.05) is 27.4 Å². The third kappa shape index (κ3) is 4.49. The Bertz CT molecular complexity index is 576. The summed E-state index contributed by atoms with van der Waals surface area (Å²) in [4.78, 5) is 8.80. The fraction of sp³-hybridized carbons (Fsp3) is 0.333. The summed E-state index contributed by atoms with van der Waals surface area (Å²) in [7, 11) is 3.33. The Morgan fingerprint density at radius 2 is 1.95 bits per heavy atom. The van der Waals surface area contributed by atoms with Gasteiger partial charge < -0.3 is 14.8 Å². The van der Waals surface area contributed by atoms with E-state index >= 15 is 0 Å². The molecule has 0 radical (unpaired) electrons. The number of hydrogen-bond donors (Lipinski definition) is 1. The highest BCUT2D eigenvalue weighted by atomic mass is 79.9. The summed E-state index contributed by atoms with van der Waals surface area (Å²) in [5.41, 5.74) is 1.99. The largest absolute Gasteiger partial charge is 0.496 e. The van der Waals surface area contributed by atoms with Gasteiger partial charge in [-0.25, -0.2) is 9.97 Å². The lowest BCUT2D eigenvalue weighted by Gasteiger charge is -2.07. The van der Waals surface area contributed by atoms with Crippen molar-refractivity contribution in [3.05, 3.63) is 40.6 Å². The van der Waals surface area contributed by atoms with E-state index in [-0.39, 0.29) is 0 Å². The van der Waals surface area contributed by atoms with Crippen LogP contribution in [0.5, 0.6) is 5.75 Å². The number of rotatable bonds is 7. The van der Waals surface area contributed by atoms with Crippen molar-refractivity contribution in [1.29, 1.82) is 0 Å². The first-order valence-electron chi connectivity index (χ1n) is 6.59. The molecule has 112 valence electrons. The second-order valence-corrected chi connectivity index (χ2v) is 5.29. The van der Waals surface area contributed by atoms with Gasteiger partial charge in [0.2, 0.25) is 0 Å². The van der Waals surface area contributed by atoms with Crippen molar-refractivity contribution >= 4 is 15.9 Å². The van der Waals surface area contributed by atoms with Crippen LogP contribution in [0.4, 0.5) is 0 Å². The van der Waals surface area contributed by atoms with E-state index in [0.29, 0.717) is 12.4 Å². The average molecular weight is 352 g/mol. The summed E-state index contributed by atoms with van der Waals surface area (Å²) < 4.78 is 11.1. The van der Waals surface area contributed by atoms with Crippen LogP contribution < -0.4 is 10.1 Å². The third-order valence-electron chi connectivity index (χ3n) is 2.93. The number of ether oxygens (including phenoxy) is 2. The van der Waals surface area contributed by atoms with Gasteiger partial charge in [0.25, 0.3) is 0 Å². The zero-order valence-electron chi connectivity index (χ0n) is 12.1. The lowest BCUT2D eigenvalue weighted by Crippen LogP contribution is -2.18. The van der Waals surface area contributed by atoms with Crippen LogP contribution >= 0.6 is 15.9 Å². The van der Waals surface area contributed by atoms with Crippen LogP contribution in [0.25, 0.3) is 11.4 Å². The number of nitrogens with one attached hydrogen (secondary N) is 1. The highest BCUT2D eigenvalue weighted by Gasteiger charge is 2.06. The highest BCUT2D eigenvalue weighted by molar-refractivity contribution is 9.10. The topological polar surface area (TPSA) is 56.3 Å². The number of nitrogens with zero attached hydrogens (tertiary/aromatic N) is 2. The second kappa shape index (κ2) is 8.07. The quantitative estimate of drug-likeness (QED) is 0.777. The van der Waals surface area contributed by atoms with E-state index in [4.69, 9.17) is 9.47 Å². The zero-order chi connectivity index (χ0) is 15.1. The smallest absolute Gasteiger partial charge is 0.159 e. The Balaban J connectivity index is 2.03. The molecule has 1 heterocycles. The van der Waals surface area contributed by atoms with Gasteiger partial charge >= 0.3 is 0 Å². The Hall–Kier alpha value is -1.50. The van der Waals surface area contributed by atoms with Gasteiger partial charge in [-0.1, -0.05) is 0 Å². The predicted molar refractivity (Wildman–Crippen MR) is 85.3 cm³/mol. The van der Waals surface area contributed by atoms with E-state index in [9.17, 15) is 0 Å². The summed E-state index contributed by atoms with van der Waals surface area (Å²) in [5, 5.41) is 3.26. The van der Waals surface area contributed by atoms with E-state index in [0.717, 1.165) is 34.4 Å². The second-order valence-electron chi connectivity index (χ2n) is 4.43. The Morgan fingerprint density at radius 3 is 2.57 bits per heavy atom. The molecule has 2 rings (SSSR count). The molecule has 1 N–H and O–H groups in total. The molecule has 0 saturated heterocycles. The summed E-state index contributed by atoms with van der Waals surface area (Å²) in [5.74, 6) is 1.48. The number of halogens is 1. The minimum Gasteiger partial charge on any atom is -0.496 e. The van der Waals surface area contributed by atoms with E-state index < -0.39 is 0 Å². The molecule has 1 aromatic carbocycles. The van der Waals surface area contributed by atoms with E-state index in [1.165, 1.54) is 0 Å². The lowest BCUT2D eigenvalue weighted by molar-refractivity contribution is 0.199. The van der Waals surface area contributed by atoms with Crippen LogP contribution in [0, 0.1) is 0 Å². The van der Waals surface area contributed by atoms with Gasteiger partial charge in [0.1, 0.15) is 5.75 Å². The minimum absolute atomic E-state index is 0.693. The molecule has 0 fully saturated rings. The minimum atomic E-state index is 0.693. The fourth-order valence-electron chi connectivity index (χ4n) is 1.81. The van der Waals surface area contributed by atoms with Crippen LogP contribution in [-0.4, -0.2) is 37.3 Å². The molecule has 5 nitrogen and oxygen atoms in total. The molecule has 1 aromatic heterocycles. The maximum absolute atomic E-state index is 5.21. The monoisotopic (exact) mass is 351 g/mol. The van der Waals surface area contributed by atoms with Crippen molar-refractivity contribution in [3.63, 3.8) is 0 Å². The predicted octanol–water partition coefficient (Wildman–Crippen LogP) is 2.65. The molecular formula is C15H18BrN3O2. The van der Waals surface area contributed by atoms with E-state index in [2.05, 4.69) is 31.2 Å². The normalized spacial score (nSPS) is 10.6. The summed E-state index contributed by atoms with van der Waals surface area (Å²) >= 11 is 3.47. The Morgan fingerprint density at radius 1 is 1.19 bits per heavy atom. The zero-order valence-corrected chi connectivity index (χ0v) is 13.7. The molecular weight excluding hydrogens is 334 g/mol. The van der Waals surface area contributed by atoms with Crippen molar-refractivity contribution < 1.29 is 9.47 Å². The lowest BCUT2D eigenvalue weighted by atomic mass is 10.2. The molecule has 6 heteroatoms. The van der Waals surface area contributed by atoms with Gasteiger partial charge in [-0.3, -0.25) is 0 Å². The van der Waals surface area contributed by atoms with Crippen molar-refractivity contribution in [3.8, 4) is 17.1 Å². The molecule has 0 bridgehead atoms. The molecule has 0 aliphatic heterocycles. The molecule has 0 saturated carbocycles. The van der Waals surface area contributed by atoms with E-state index in [1.807, 2.05) is 30.6 Å². The van der Waals surface area contributed by atoms with Gasteiger partial charge in [-0.2, -0.15) is 0 Å². The molecule has 0 amide bonds. The first-order chi connectivity index (χ1) is 10.2. The first kappa shape index (κ1) is 15.9. The first-order valence-corrected chi connectivity index (χ1v) is 7.38. The standard InChI is InChI=1S/C15H18BrN3O2/c1-20-6-5-17-8-11-9-18-15(19-10-11)12-3-4-14(21-2)13(16)7-12/h3-4,7,9-10,17H,5-6,8H2,1-2H3. The SMILES string of the molecule is COCCNCc1cnc(-c2ccc(OC)c(Br)c2)nc1. The molecule has 2 aromatic rings. The van der Waals surface area contributed by atoms with Crippen molar-refractivity contribution in [2.24, 2.45) is 0 Å². The van der Waals surface area contributed by atoms with Gasteiger partial charge in [0, 0.05) is 43.7 Å². The van der Waals surface area contributed by atoms with Gasteiger partial charge in [-0.05, 0) is 34.1 Å². The Labute approximate surface area is 132 Å². The van der Waals surface area contributed by atoms with Crippen LogP contribution in [0.15, 0.2) is 35.1 Å². The summed E-state index contributed by atoms with van der Waals surface area (Å²) in [6, 6.07) is 5.78. The molecule has 0 aliphatic carbocycles. The summed E-state index contributed by atoms with van der Waals surface area (Å²) in [6.45, 7) is 2.23. The average Bonchev–Trinajstić information content (AvgIpc) is 2.52. The number of aromatic nitrogens is 2. The van der Waals surface area contributed by atoms with Crippen molar-refractivity contribution in [2.45, 2.75) is 6.54 Å². The number of hydrogen-bond acceptors (Lipinski definition) is 5. The van der Waals surface area contributed by atoms with Gasteiger partial charge in [-0.15, -0.1) is 0 Å². The maximum atomic E-state index is 5.21. The van der Waals surface area contributed by atoms with Gasteiger partial charge in [0.15, 0.2) is 5.82 Å². The third-order valence-corrected chi connectivity index (χ3v) is 3.55. The fourth-order valence-corrected chi connectivity index (χ4v) is 2.35. The number of methoxy groups -OCH3 is 2. The maximum Gasteiger partial charge on any atom is 0.159 e. The highest BCUT2D eigenvalue weighted by Crippen LogP contribution is 2.28. The Kier molecular flexibility index (Phi) is 6.10. The van der Waals surface area contributed by atoms with Crippen LogP contribution in [0.2, 0.25) is 0 Å². The summed E-state index contributed by atoms with van der Waals surface area (Å²) in [6.07, 6.45) is 3.67. The number of benzene rings is 1. The van der Waals surface area contributed by atoms with Gasteiger partial charge in [0.05, 0.1) is 18.2 Å².